The lowest BCUT2D eigenvalue weighted by atomic mass is 9.80. The molecule has 0 unspecified atom stereocenters. The first kappa shape index (κ1) is 16.8. The second-order valence-electron chi connectivity index (χ2n) is 6.98. The van der Waals surface area contributed by atoms with Crippen LogP contribution in [-0.4, -0.2) is 33.1 Å². The Hall–Kier alpha value is -2.06. The number of hydrogen-bond acceptors (Lipinski definition) is 6. The van der Waals surface area contributed by atoms with Crippen molar-refractivity contribution in [2.75, 3.05) is 5.73 Å². The van der Waals surface area contributed by atoms with Crippen molar-refractivity contribution in [1.29, 1.82) is 0 Å². The summed E-state index contributed by atoms with van der Waals surface area (Å²) in [4.78, 5) is 4.21. The summed E-state index contributed by atoms with van der Waals surface area (Å²) in [5.74, 6) is 0.834. The molecule has 0 bridgehead atoms. The minimum Gasteiger partial charge on any atom is -0.483 e. The molecule has 128 valence electrons. The predicted molar refractivity (Wildman–Crippen MR) is 91.9 cm³/mol. The molecule has 24 heavy (non-hydrogen) atoms. The van der Waals surface area contributed by atoms with Gasteiger partial charge in [0.25, 0.3) is 0 Å². The van der Waals surface area contributed by atoms with Crippen molar-refractivity contribution >= 4 is 18.4 Å². The molecule has 3 heterocycles. The van der Waals surface area contributed by atoms with Crippen LogP contribution in [0.2, 0.25) is 0 Å². The Morgan fingerprint density at radius 3 is 2.50 bits per heavy atom. The van der Waals surface area contributed by atoms with Crippen LogP contribution in [0.5, 0.6) is 5.75 Å². The van der Waals surface area contributed by atoms with E-state index in [9.17, 15) is 0 Å². The minimum atomic E-state index is -0.498. The quantitative estimate of drug-likeness (QED) is 0.850. The van der Waals surface area contributed by atoms with Gasteiger partial charge in [-0.05, 0) is 39.8 Å². The molecule has 1 fully saturated rings. The fourth-order valence-corrected chi connectivity index (χ4v) is 2.39. The number of anilines is 1. The Bertz CT molecular complexity index is 729. The second kappa shape index (κ2) is 5.79. The van der Waals surface area contributed by atoms with Gasteiger partial charge in [-0.15, -0.1) is 0 Å². The van der Waals surface area contributed by atoms with E-state index in [1.54, 1.807) is 17.1 Å². The van der Waals surface area contributed by atoms with E-state index in [1.165, 1.54) is 0 Å². The molecule has 0 spiro atoms. The first-order chi connectivity index (χ1) is 11.2. The summed E-state index contributed by atoms with van der Waals surface area (Å²) in [6, 6.07) is 3.71. The zero-order valence-electron chi connectivity index (χ0n) is 14.7. The summed E-state index contributed by atoms with van der Waals surface area (Å²) in [5.41, 5.74) is 6.84. The molecule has 0 radical (unpaired) electrons. The Morgan fingerprint density at radius 2 is 1.92 bits per heavy atom. The van der Waals surface area contributed by atoms with Crippen LogP contribution in [0, 0.1) is 0 Å². The Kier molecular flexibility index (Phi) is 4.05. The first-order valence-corrected chi connectivity index (χ1v) is 7.90. The van der Waals surface area contributed by atoms with Crippen LogP contribution in [0.1, 0.15) is 33.4 Å². The fourth-order valence-electron chi connectivity index (χ4n) is 2.39. The van der Waals surface area contributed by atoms with Crippen LogP contribution >= 0.6 is 0 Å². The van der Waals surface area contributed by atoms with Gasteiger partial charge in [-0.1, -0.05) is 0 Å². The molecule has 7 nitrogen and oxygen atoms in total. The molecule has 0 saturated carbocycles. The van der Waals surface area contributed by atoms with E-state index < -0.39 is 18.3 Å². The van der Waals surface area contributed by atoms with Gasteiger partial charge in [-0.3, -0.25) is 4.68 Å². The number of ether oxygens (including phenoxy) is 1. The van der Waals surface area contributed by atoms with Crippen molar-refractivity contribution in [3.05, 3.63) is 30.2 Å². The summed E-state index contributed by atoms with van der Waals surface area (Å²) in [7, 11) is 1.36. The molecule has 0 aliphatic carbocycles. The third-order valence-electron chi connectivity index (χ3n) is 4.73. The Morgan fingerprint density at radius 1 is 1.25 bits per heavy atom. The number of nitrogens with two attached hydrogens (primary N) is 1. The van der Waals surface area contributed by atoms with Crippen LogP contribution in [0.15, 0.2) is 24.5 Å². The average Bonchev–Trinajstić information content (AvgIpc) is 2.99. The minimum absolute atomic E-state index is 0.331. The van der Waals surface area contributed by atoms with Gasteiger partial charge in [0.1, 0.15) is 6.61 Å². The summed E-state index contributed by atoms with van der Waals surface area (Å²) in [6.45, 7) is 8.40. The van der Waals surface area contributed by atoms with Crippen LogP contribution in [0.4, 0.5) is 5.82 Å². The van der Waals surface area contributed by atoms with Crippen molar-refractivity contribution in [3.63, 3.8) is 0 Å². The van der Waals surface area contributed by atoms with Crippen LogP contribution in [-0.2, 0) is 23.0 Å². The van der Waals surface area contributed by atoms with Gasteiger partial charge in [0, 0.05) is 24.9 Å². The second-order valence-corrected chi connectivity index (χ2v) is 6.98. The van der Waals surface area contributed by atoms with Crippen LogP contribution in [0.3, 0.4) is 0 Å². The number of aromatic nitrogens is 3. The van der Waals surface area contributed by atoms with Crippen molar-refractivity contribution in [2.24, 2.45) is 7.05 Å². The summed E-state index contributed by atoms with van der Waals surface area (Å²) < 4.78 is 19.6. The van der Waals surface area contributed by atoms with Gasteiger partial charge in [-0.2, -0.15) is 5.10 Å². The number of nitrogen functional groups attached to an aromatic ring is 1. The van der Waals surface area contributed by atoms with Gasteiger partial charge in [0.15, 0.2) is 11.6 Å². The lowest BCUT2D eigenvalue weighted by Gasteiger charge is -2.32. The number of pyridine rings is 1. The summed E-state index contributed by atoms with van der Waals surface area (Å²) in [5, 5.41) is 4.11. The van der Waals surface area contributed by atoms with E-state index >= 15 is 0 Å². The zero-order chi connectivity index (χ0) is 17.5. The maximum Gasteiger partial charge on any atom is 0.496 e. The van der Waals surface area contributed by atoms with Gasteiger partial charge < -0.3 is 19.8 Å². The normalized spacial score (nSPS) is 18.8. The standard InChI is InChI=1S/C16H23BN4O3/c1-15(2)16(3,4)24-17(23-15)11-8-13(14(18)19-9-11)22-10-12-6-7-20-21(12)5/h6-9H,10H2,1-5H3,(H2,18,19). The highest BCUT2D eigenvalue weighted by atomic mass is 16.7. The number of hydrogen-bond donors (Lipinski definition) is 1. The first-order valence-electron chi connectivity index (χ1n) is 7.90. The van der Waals surface area contributed by atoms with Gasteiger partial charge in [0.2, 0.25) is 0 Å². The molecular formula is C16H23BN4O3. The molecule has 0 amide bonds. The van der Waals surface area contributed by atoms with E-state index in [1.807, 2.05) is 46.9 Å². The zero-order valence-corrected chi connectivity index (χ0v) is 14.7. The summed E-state index contributed by atoms with van der Waals surface area (Å²) >= 11 is 0. The largest absolute Gasteiger partial charge is 0.496 e. The van der Waals surface area contributed by atoms with Crippen molar-refractivity contribution in [3.8, 4) is 5.75 Å². The molecule has 0 atom stereocenters. The Balaban J connectivity index is 1.78. The van der Waals surface area contributed by atoms with E-state index in [4.69, 9.17) is 19.8 Å². The maximum atomic E-state index is 6.04. The van der Waals surface area contributed by atoms with E-state index in [0.717, 1.165) is 11.2 Å². The molecule has 2 N–H and O–H groups in total. The molecule has 2 aromatic heterocycles. The average molecular weight is 330 g/mol. The smallest absolute Gasteiger partial charge is 0.483 e. The SMILES string of the molecule is Cn1nccc1COc1cc(B2OC(C)(C)C(C)(C)O2)cnc1N. The number of aryl methyl sites for hydroxylation is 1. The third-order valence-corrected chi connectivity index (χ3v) is 4.73. The fraction of sp³-hybridized carbons (Fsp3) is 0.500. The highest BCUT2D eigenvalue weighted by molar-refractivity contribution is 6.62. The van der Waals surface area contributed by atoms with Crippen molar-refractivity contribution in [1.82, 2.24) is 14.8 Å². The summed E-state index contributed by atoms with van der Waals surface area (Å²) in [6.07, 6.45) is 3.38. The molecule has 8 heteroatoms. The molecular weight excluding hydrogens is 307 g/mol. The highest BCUT2D eigenvalue weighted by Crippen LogP contribution is 2.36. The number of nitrogens with zero attached hydrogens (tertiary/aromatic N) is 3. The van der Waals surface area contributed by atoms with E-state index in [0.29, 0.717) is 18.2 Å². The molecule has 3 rings (SSSR count). The monoisotopic (exact) mass is 330 g/mol. The van der Waals surface area contributed by atoms with Crippen LogP contribution in [0.25, 0.3) is 0 Å². The molecule has 2 aromatic rings. The lowest BCUT2D eigenvalue weighted by Crippen LogP contribution is -2.41. The molecule has 0 aromatic carbocycles. The van der Waals surface area contributed by atoms with E-state index in [-0.39, 0.29) is 0 Å². The molecule has 1 aliphatic heterocycles. The number of rotatable bonds is 4. The molecule has 1 saturated heterocycles. The van der Waals surface area contributed by atoms with Crippen LogP contribution < -0.4 is 15.9 Å². The topological polar surface area (TPSA) is 84.4 Å². The third kappa shape index (κ3) is 2.99. The highest BCUT2D eigenvalue weighted by Gasteiger charge is 2.51. The van der Waals surface area contributed by atoms with Crippen molar-refractivity contribution < 1.29 is 14.0 Å². The van der Waals surface area contributed by atoms with Gasteiger partial charge in [0.05, 0.1) is 16.9 Å². The lowest BCUT2D eigenvalue weighted by molar-refractivity contribution is 0.00578. The van der Waals surface area contributed by atoms with Gasteiger partial charge >= 0.3 is 7.12 Å². The predicted octanol–water partition coefficient (Wildman–Crippen LogP) is 1.28. The van der Waals surface area contributed by atoms with E-state index in [2.05, 4.69) is 10.1 Å². The van der Waals surface area contributed by atoms with Crippen molar-refractivity contribution in [2.45, 2.75) is 45.5 Å². The van der Waals surface area contributed by atoms with Gasteiger partial charge in [-0.25, -0.2) is 4.98 Å². The maximum absolute atomic E-state index is 6.04. The Labute approximate surface area is 142 Å². The molecule has 1 aliphatic rings.